The van der Waals surface area contributed by atoms with Crippen LogP contribution in [-0.4, -0.2) is 23.6 Å². The van der Waals surface area contributed by atoms with E-state index in [0.29, 0.717) is 0 Å². The van der Waals surface area contributed by atoms with Crippen molar-refractivity contribution in [3.05, 3.63) is 23.6 Å². The predicted octanol–water partition coefficient (Wildman–Crippen LogP) is 3.94. The Hall–Kier alpha value is -0.750. The number of allylic oxidation sites excluding steroid dienone is 4. The van der Waals surface area contributed by atoms with E-state index in [1.807, 2.05) is 0 Å². The standard InChI is InChI=1S/C12H10Cl2F4O2/c1-20-10(19)9-8(11(9,13)14)5-2-3-7(15)6(4-5)12(16,17)18/h2-3,5,8-9H,4H2,1H3/t5?,8-,9+/m1/s1. The van der Waals surface area contributed by atoms with Gasteiger partial charge in [-0.05, 0) is 18.4 Å². The van der Waals surface area contributed by atoms with E-state index in [-0.39, 0.29) is 0 Å². The fourth-order valence-corrected chi connectivity index (χ4v) is 3.42. The van der Waals surface area contributed by atoms with Crippen LogP contribution in [-0.2, 0) is 9.53 Å². The molecule has 0 N–H and O–H groups in total. The Morgan fingerprint density at radius 2 is 2.05 bits per heavy atom. The maximum absolute atomic E-state index is 13.2. The van der Waals surface area contributed by atoms with Crippen molar-refractivity contribution in [2.45, 2.75) is 16.9 Å². The molecule has 2 rings (SSSR count). The molecule has 8 heteroatoms. The summed E-state index contributed by atoms with van der Waals surface area (Å²) in [5.74, 6) is -4.39. The first-order valence-corrected chi connectivity index (χ1v) is 6.46. The number of hydrogen-bond donors (Lipinski definition) is 0. The normalized spacial score (nSPS) is 32.2. The SMILES string of the molecule is COC(=O)[C@@H]1[C@@H](C2C=CC(F)=C(C(F)(F)F)C2)C1(Cl)Cl. The average molecular weight is 333 g/mol. The molecule has 1 unspecified atom stereocenters. The number of methoxy groups -OCH3 is 1. The fourth-order valence-electron chi connectivity index (χ4n) is 2.52. The van der Waals surface area contributed by atoms with Gasteiger partial charge in [0.25, 0.3) is 0 Å². The van der Waals surface area contributed by atoms with E-state index < -0.39 is 52.1 Å². The van der Waals surface area contributed by atoms with Crippen molar-refractivity contribution in [1.29, 1.82) is 0 Å². The highest BCUT2D eigenvalue weighted by atomic mass is 35.5. The summed E-state index contributed by atoms with van der Waals surface area (Å²) >= 11 is 11.8. The molecule has 0 aromatic carbocycles. The molecule has 0 saturated heterocycles. The van der Waals surface area contributed by atoms with Crippen LogP contribution < -0.4 is 0 Å². The van der Waals surface area contributed by atoms with E-state index in [1.165, 1.54) is 6.08 Å². The third kappa shape index (κ3) is 2.55. The van der Waals surface area contributed by atoms with Gasteiger partial charge in [0.2, 0.25) is 0 Å². The molecule has 0 spiro atoms. The Morgan fingerprint density at radius 3 is 2.55 bits per heavy atom. The fraction of sp³-hybridized carbons (Fsp3) is 0.583. The minimum Gasteiger partial charge on any atom is -0.469 e. The Balaban J connectivity index is 2.19. The Labute approximate surface area is 122 Å². The van der Waals surface area contributed by atoms with Crippen molar-refractivity contribution in [1.82, 2.24) is 0 Å². The van der Waals surface area contributed by atoms with Crippen LogP contribution in [0, 0.1) is 17.8 Å². The first-order valence-electron chi connectivity index (χ1n) is 5.70. The van der Waals surface area contributed by atoms with Crippen molar-refractivity contribution < 1.29 is 27.1 Å². The number of hydrogen-bond acceptors (Lipinski definition) is 2. The number of halogens is 6. The quantitative estimate of drug-likeness (QED) is 0.435. The van der Waals surface area contributed by atoms with Crippen molar-refractivity contribution in [3.63, 3.8) is 0 Å². The lowest BCUT2D eigenvalue weighted by Gasteiger charge is -2.21. The lowest BCUT2D eigenvalue weighted by Crippen LogP contribution is -2.20. The van der Waals surface area contributed by atoms with Crippen molar-refractivity contribution in [2.75, 3.05) is 7.11 Å². The molecule has 0 radical (unpaired) electrons. The Morgan fingerprint density at radius 1 is 1.45 bits per heavy atom. The van der Waals surface area contributed by atoms with Gasteiger partial charge in [0.1, 0.15) is 10.2 Å². The zero-order valence-corrected chi connectivity index (χ0v) is 11.7. The van der Waals surface area contributed by atoms with E-state index in [2.05, 4.69) is 4.74 Å². The van der Waals surface area contributed by atoms with Crippen LogP contribution >= 0.6 is 23.2 Å². The Bertz CT molecular complexity index is 496. The number of alkyl halides is 5. The van der Waals surface area contributed by atoms with Crippen molar-refractivity contribution >= 4 is 29.2 Å². The van der Waals surface area contributed by atoms with Crippen LogP contribution in [0.1, 0.15) is 6.42 Å². The molecule has 0 aliphatic heterocycles. The minimum absolute atomic E-state index is 0.592. The van der Waals surface area contributed by atoms with Crippen LogP contribution in [0.3, 0.4) is 0 Å². The number of rotatable bonds is 2. The molecule has 1 fully saturated rings. The number of carbonyl (C=O) groups excluding carboxylic acids is 1. The molecule has 1 saturated carbocycles. The highest BCUT2D eigenvalue weighted by Gasteiger charge is 2.70. The minimum atomic E-state index is -4.76. The second-order valence-corrected chi connectivity index (χ2v) is 6.20. The van der Waals surface area contributed by atoms with Crippen LogP contribution in [0.4, 0.5) is 17.6 Å². The van der Waals surface area contributed by atoms with Crippen LogP contribution in [0.25, 0.3) is 0 Å². The molecular formula is C12H10Cl2F4O2. The van der Waals surface area contributed by atoms with E-state index in [9.17, 15) is 22.4 Å². The molecule has 0 bridgehead atoms. The summed E-state index contributed by atoms with van der Waals surface area (Å²) in [5.41, 5.74) is -1.26. The molecule has 0 heterocycles. The van der Waals surface area contributed by atoms with Gasteiger partial charge in [-0.3, -0.25) is 4.79 Å². The van der Waals surface area contributed by atoms with Crippen LogP contribution in [0.15, 0.2) is 23.6 Å². The Kier molecular flexibility index (Phi) is 3.84. The lowest BCUT2D eigenvalue weighted by molar-refractivity contribution is -0.142. The predicted molar refractivity (Wildman–Crippen MR) is 64.9 cm³/mol. The molecule has 3 atom stereocenters. The van der Waals surface area contributed by atoms with Gasteiger partial charge in [-0.15, -0.1) is 23.2 Å². The molecule has 0 aromatic heterocycles. The first-order chi connectivity index (χ1) is 9.10. The topological polar surface area (TPSA) is 26.3 Å². The lowest BCUT2D eigenvalue weighted by atomic mass is 9.88. The second kappa shape index (κ2) is 4.91. The van der Waals surface area contributed by atoms with Gasteiger partial charge in [0.15, 0.2) is 0 Å². The zero-order valence-electron chi connectivity index (χ0n) is 10.2. The van der Waals surface area contributed by atoms with Gasteiger partial charge >= 0.3 is 12.1 Å². The highest BCUT2D eigenvalue weighted by Crippen LogP contribution is 2.64. The van der Waals surface area contributed by atoms with Gasteiger partial charge in [0, 0.05) is 5.92 Å². The van der Waals surface area contributed by atoms with Crippen LogP contribution in [0.2, 0.25) is 0 Å². The average Bonchev–Trinajstić information content (AvgIpc) is 2.90. The molecule has 2 aliphatic rings. The van der Waals surface area contributed by atoms with Gasteiger partial charge in [-0.2, -0.15) is 13.2 Å². The summed E-state index contributed by atoms with van der Waals surface area (Å²) in [5, 5.41) is 0. The number of ether oxygens (including phenoxy) is 1. The summed E-state index contributed by atoms with van der Waals surface area (Å²) in [4.78, 5) is 11.5. The second-order valence-electron chi connectivity index (χ2n) is 4.75. The molecule has 0 aromatic rings. The largest absolute Gasteiger partial charge is 0.469 e. The summed E-state index contributed by atoms with van der Waals surface area (Å²) < 4.78 is 54.3. The van der Waals surface area contributed by atoms with Gasteiger partial charge in [0.05, 0.1) is 18.6 Å². The molecule has 0 amide bonds. The van der Waals surface area contributed by atoms with Gasteiger partial charge < -0.3 is 4.74 Å². The van der Waals surface area contributed by atoms with Gasteiger partial charge in [-0.25, -0.2) is 4.39 Å². The summed E-state index contributed by atoms with van der Waals surface area (Å²) in [6, 6.07) is 0. The van der Waals surface area contributed by atoms with E-state index in [0.717, 1.165) is 13.2 Å². The molecule has 2 nitrogen and oxygen atoms in total. The first kappa shape index (κ1) is 15.6. The zero-order chi connectivity index (χ0) is 15.3. The number of carbonyl (C=O) groups is 1. The highest BCUT2D eigenvalue weighted by molar-refractivity contribution is 6.52. The maximum atomic E-state index is 13.2. The van der Waals surface area contributed by atoms with Gasteiger partial charge in [-0.1, -0.05) is 6.08 Å². The third-order valence-electron chi connectivity index (χ3n) is 3.59. The molecule has 112 valence electrons. The summed E-state index contributed by atoms with van der Waals surface area (Å²) in [6.45, 7) is 0. The maximum Gasteiger partial charge on any atom is 0.415 e. The van der Waals surface area contributed by atoms with E-state index in [1.54, 1.807) is 0 Å². The summed E-state index contributed by atoms with van der Waals surface area (Å²) in [7, 11) is 1.14. The number of esters is 1. The summed E-state index contributed by atoms with van der Waals surface area (Å²) in [6.07, 6.45) is -3.35. The van der Waals surface area contributed by atoms with E-state index in [4.69, 9.17) is 23.2 Å². The molecule has 20 heavy (non-hydrogen) atoms. The smallest absolute Gasteiger partial charge is 0.415 e. The molecule has 2 aliphatic carbocycles. The third-order valence-corrected chi connectivity index (χ3v) is 4.56. The molecular weight excluding hydrogens is 323 g/mol. The van der Waals surface area contributed by atoms with Crippen LogP contribution in [0.5, 0.6) is 0 Å². The monoisotopic (exact) mass is 332 g/mol. The van der Waals surface area contributed by atoms with E-state index >= 15 is 0 Å². The van der Waals surface area contributed by atoms with Crippen molar-refractivity contribution in [2.24, 2.45) is 17.8 Å². The van der Waals surface area contributed by atoms with Crippen molar-refractivity contribution in [3.8, 4) is 0 Å².